The standard InChI is InChI=1S/C19H21ClO2S.5FH/c1-2-3-4-5-8-15-11-13-16(14-12-15)19(21)22-23-18-10-7-6-9-17(18)20;;;;;/h6-7,9-14H,2-5,8H2,1H3;5*1H. The third kappa shape index (κ3) is 11.1. The number of carbonyl (C=O) groups is 1. The fraction of sp³-hybridized carbons (Fsp3) is 0.316. The van der Waals surface area contributed by atoms with E-state index in [9.17, 15) is 4.79 Å². The molecule has 0 atom stereocenters. The monoisotopic (exact) mass is 448 g/mol. The molecule has 28 heavy (non-hydrogen) atoms. The zero-order valence-electron chi connectivity index (χ0n) is 15.3. The molecule has 0 spiro atoms. The Hall–Kier alpha value is -1.80. The molecule has 0 aliphatic heterocycles. The minimum Gasteiger partial charge on any atom is -0.382 e. The van der Waals surface area contributed by atoms with E-state index in [2.05, 4.69) is 6.92 Å². The average molecular weight is 449 g/mol. The number of carbonyl (C=O) groups excluding carboxylic acids is 1. The van der Waals surface area contributed by atoms with Crippen molar-refractivity contribution in [1.82, 2.24) is 0 Å². The van der Waals surface area contributed by atoms with Crippen molar-refractivity contribution in [2.75, 3.05) is 0 Å². The van der Waals surface area contributed by atoms with Gasteiger partial charge in [-0.3, -0.25) is 23.5 Å². The van der Waals surface area contributed by atoms with Gasteiger partial charge in [0.25, 0.3) is 0 Å². The molecule has 0 heterocycles. The maximum atomic E-state index is 12.1. The van der Waals surface area contributed by atoms with Crippen molar-refractivity contribution in [1.29, 1.82) is 0 Å². The normalized spacial score (nSPS) is 8.64. The number of hydrogen-bond donors (Lipinski definition) is 0. The van der Waals surface area contributed by atoms with Crippen molar-refractivity contribution >= 4 is 29.6 Å². The van der Waals surface area contributed by atoms with Crippen LogP contribution in [0.15, 0.2) is 53.4 Å². The summed E-state index contributed by atoms with van der Waals surface area (Å²) in [5.41, 5.74) is 1.82. The summed E-state index contributed by atoms with van der Waals surface area (Å²) in [6, 6.07) is 14.9. The second kappa shape index (κ2) is 18.6. The van der Waals surface area contributed by atoms with Gasteiger partial charge in [0.1, 0.15) is 0 Å². The van der Waals surface area contributed by atoms with Gasteiger partial charge in [0.15, 0.2) is 0 Å². The molecule has 2 rings (SSSR count). The van der Waals surface area contributed by atoms with E-state index in [1.807, 2.05) is 42.5 Å². The predicted octanol–water partition coefficient (Wildman–Crippen LogP) is 7.09. The SMILES string of the molecule is CCCCCCc1ccc(C(=O)OSc2ccccc2Cl)cc1.F.F.F.F.F. The van der Waals surface area contributed by atoms with E-state index in [4.69, 9.17) is 15.8 Å². The maximum absolute atomic E-state index is 12.1. The van der Waals surface area contributed by atoms with Gasteiger partial charge in [0.2, 0.25) is 0 Å². The lowest BCUT2D eigenvalue weighted by atomic mass is 10.0. The molecule has 9 heteroatoms. The van der Waals surface area contributed by atoms with Gasteiger partial charge in [-0.1, -0.05) is 62.1 Å². The first-order valence-electron chi connectivity index (χ1n) is 7.93. The van der Waals surface area contributed by atoms with Gasteiger partial charge >= 0.3 is 5.97 Å². The summed E-state index contributed by atoms with van der Waals surface area (Å²) in [6.45, 7) is 2.21. The Labute approximate surface area is 171 Å². The summed E-state index contributed by atoms with van der Waals surface area (Å²) in [5.74, 6) is -0.354. The third-order valence-corrected chi connectivity index (χ3v) is 4.76. The molecule has 162 valence electrons. The summed E-state index contributed by atoms with van der Waals surface area (Å²) < 4.78 is 5.24. The largest absolute Gasteiger partial charge is 0.382 e. The Morgan fingerprint density at radius 1 is 0.893 bits per heavy atom. The van der Waals surface area contributed by atoms with Gasteiger partial charge in [-0.05, 0) is 42.7 Å². The highest BCUT2D eigenvalue weighted by atomic mass is 35.5. The van der Waals surface area contributed by atoms with Crippen LogP contribution in [0.2, 0.25) is 5.02 Å². The zero-order chi connectivity index (χ0) is 16.5. The van der Waals surface area contributed by atoms with Crippen LogP contribution in [0.3, 0.4) is 0 Å². The first kappa shape index (κ1) is 33.8. The first-order chi connectivity index (χ1) is 11.2. The second-order valence-corrected chi connectivity index (χ2v) is 6.57. The minimum absolute atomic E-state index is 0. The second-order valence-electron chi connectivity index (χ2n) is 5.39. The van der Waals surface area contributed by atoms with E-state index in [0.717, 1.165) is 23.4 Å². The molecule has 0 fully saturated rings. The lowest BCUT2D eigenvalue weighted by Crippen LogP contribution is -2.00. The molecular weight excluding hydrogens is 423 g/mol. The van der Waals surface area contributed by atoms with Crippen molar-refractivity contribution in [3.63, 3.8) is 0 Å². The number of aryl methyl sites for hydroxylation is 1. The fourth-order valence-corrected chi connectivity index (χ4v) is 2.98. The Balaban J connectivity index is -0.000000576. The molecule has 0 saturated carbocycles. The Morgan fingerprint density at radius 2 is 1.50 bits per heavy atom. The summed E-state index contributed by atoms with van der Waals surface area (Å²) in [4.78, 5) is 12.8. The highest BCUT2D eigenvalue weighted by Crippen LogP contribution is 2.28. The van der Waals surface area contributed by atoms with E-state index < -0.39 is 0 Å². The van der Waals surface area contributed by atoms with Crippen molar-refractivity contribution < 1.29 is 32.5 Å². The van der Waals surface area contributed by atoms with Crippen LogP contribution in [0, 0.1) is 0 Å². The van der Waals surface area contributed by atoms with Crippen LogP contribution < -0.4 is 0 Å². The molecule has 0 aliphatic rings. The summed E-state index contributed by atoms with van der Waals surface area (Å²) >= 11 is 7.03. The fourth-order valence-electron chi connectivity index (χ4n) is 2.21. The zero-order valence-corrected chi connectivity index (χ0v) is 16.9. The molecule has 2 nitrogen and oxygen atoms in total. The topological polar surface area (TPSA) is 26.3 Å². The molecular formula is C19H26ClF5O2S. The van der Waals surface area contributed by atoms with Crippen LogP contribution in [0.5, 0.6) is 0 Å². The highest BCUT2D eigenvalue weighted by molar-refractivity contribution is 7.95. The Kier molecular flexibility index (Phi) is 22.4. The predicted molar refractivity (Wildman–Crippen MR) is 110 cm³/mol. The van der Waals surface area contributed by atoms with Crippen molar-refractivity contribution in [3.8, 4) is 0 Å². The quantitative estimate of drug-likeness (QED) is 0.245. The van der Waals surface area contributed by atoms with Gasteiger partial charge < -0.3 is 4.18 Å². The van der Waals surface area contributed by atoms with Gasteiger partial charge in [-0.25, -0.2) is 4.79 Å². The smallest absolute Gasteiger partial charge is 0.350 e. The molecule has 0 saturated heterocycles. The van der Waals surface area contributed by atoms with Crippen molar-refractivity contribution in [2.45, 2.75) is 43.9 Å². The van der Waals surface area contributed by atoms with Crippen LogP contribution >= 0.6 is 23.6 Å². The van der Waals surface area contributed by atoms with Crippen molar-refractivity contribution in [3.05, 3.63) is 64.7 Å². The van der Waals surface area contributed by atoms with Gasteiger partial charge in [0, 0.05) is 0 Å². The summed E-state index contributed by atoms with van der Waals surface area (Å²) in [5, 5.41) is 0.577. The van der Waals surface area contributed by atoms with E-state index in [0.29, 0.717) is 10.6 Å². The number of benzene rings is 2. The molecule has 0 N–H and O–H groups in total. The highest BCUT2D eigenvalue weighted by Gasteiger charge is 2.10. The van der Waals surface area contributed by atoms with Crippen molar-refractivity contribution in [2.24, 2.45) is 0 Å². The number of unbranched alkanes of at least 4 members (excludes halogenated alkanes) is 3. The van der Waals surface area contributed by atoms with Crippen LogP contribution in [0.4, 0.5) is 23.5 Å². The van der Waals surface area contributed by atoms with Crippen LogP contribution in [-0.2, 0) is 10.6 Å². The molecule has 0 bridgehead atoms. The molecule has 2 aromatic rings. The first-order valence-corrected chi connectivity index (χ1v) is 9.05. The molecule has 0 radical (unpaired) electrons. The Bertz CT molecular complexity index is 644. The summed E-state index contributed by atoms with van der Waals surface area (Å²) in [7, 11) is 0. The molecule has 0 aliphatic carbocycles. The average Bonchev–Trinajstić information content (AvgIpc) is 2.58. The molecule has 2 aromatic carbocycles. The van der Waals surface area contributed by atoms with Gasteiger partial charge in [-0.15, -0.1) is 0 Å². The minimum atomic E-state index is -0.354. The third-order valence-electron chi connectivity index (χ3n) is 3.55. The van der Waals surface area contributed by atoms with E-state index in [1.165, 1.54) is 31.2 Å². The molecule has 0 amide bonds. The number of halogens is 6. The lowest BCUT2D eigenvalue weighted by molar-refractivity contribution is 0.0768. The number of rotatable bonds is 8. The van der Waals surface area contributed by atoms with Crippen LogP contribution in [0.1, 0.15) is 48.5 Å². The Morgan fingerprint density at radius 3 is 2.07 bits per heavy atom. The van der Waals surface area contributed by atoms with Crippen LogP contribution in [0.25, 0.3) is 0 Å². The van der Waals surface area contributed by atoms with Crippen LogP contribution in [-0.4, -0.2) is 5.97 Å². The maximum Gasteiger partial charge on any atom is 0.350 e. The van der Waals surface area contributed by atoms with E-state index >= 15 is 0 Å². The lowest BCUT2D eigenvalue weighted by Gasteiger charge is -2.05. The molecule has 0 unspecified atom stereocenters. The number of hydrogen-bond acceptors (Lipinski definition) is 3. The van der Waals surface area contributed by atoms with Gasteiger partial charge in [-0.2, -0.15) is 0 Å². The molecule has 0 aromatic heterocycles. The van der Waals surface area contributed by atoms with E-state index in [1.54, 1.807) is 6.07 Å². The summed E-state index contributed by atoms with van der Waals surface area (Å²) in [6.07, 6.45) is 6.04. The van der Waals surface area contributed by atoms with Gasteiger partial charge in [0.05, 0.1) is 27.5 Å². The van der Waals surface area contributed by atoms with E-state index in [-0.39, 0.29) is 29.5 Å².